The highest BCUT2D eigenvalue weighted by molar-refractivity contribution is 7.79. The van der Waals surface area contributed by atoms with E-state index in [1.807, 2.05) is 97.1 Å². The highest BCUT2D eigenvalue weighted by Gasteiger charge is 2.47. The molecular formula is C35H32N2O5S. The third-order valence-electron chi connectivity index (χ3n) is 7.35. The van der Waals surface area contributed by atoms with Gasteiger partial charge in [-0.2, -0.15) is 0 Å². The molecule has 1 fully saturated rings. The molecule has 0 spiro atoms. The number of hydrogen-bond acceptors (Lipinski definition) is 7. The summed E-state index contributed by atoms with van der Waals surface area (Å²) in [4.78, 5) is 26.6. The van der Waals surface area contributed by atoms with Crippen molar-refractivity contribution < 1.29 is 23.8 Å². The van der Waals surface area contributed by atoms with Gasteiger partial charge in [-0.1, -0.05) is 121 Å². The van der Waals surface area contributed by atoms with Crippen LogP contribution in [0.25, 0.3) is 0 Å². The Labute approximate surface area is 256 Å². The van der Waals surface area contributed by atoms with Crippen LogP contribution in [0.4, 0.5) is 4.79 Å². The van der Waals surface area contributed by atoms with Crippen molar-refractivity contribution in [1.82, 2.24) is 5.32 Å². The molecule has 8 heteroatoms. The van der Waals surface area contributed by atoms with Crippen LogP contribution in [0.2, 0.25) is 0 Å². The second-order valence-corrected chi connectivity index (χ2v) is 10.7. The average molecular weight is 593 g/mol. The molecule has 0 aromatic heterocycles. The number of amides is 1. The van der Waals surface area contributed by atoms with Gasteiger partial charge in [-0.05, 0) is 29.5 Å². The summed E-state index contributed by atoms with van der Waals surface area (Å²) in [6.45, 7) is 0.0987. The van der Waals surface area contributed by atoms with E-state index in [9.17, 15) is 9.59 Å². The van der Waals surface area contributed by atoms with Gasteiger partial charge in [-0.15, -0.1) is 0 Å². The summed E-state index contributed by atoms with van der Waals surface area (Å²) in [5.41, 5.74) is 3.02. The van der Waals surface area contributed by atoms with E-state index in [1.54, 1.807) is 24.3 Å². The fraction of sp³-hybridized carbons (Fsp3) is 0.200. The summed E-state index contributed by atoms with van der Waals surface area (Å²) in [6.07, 6.45) is -1.53. The van der Waals surface area contributed by atoms with Gasteiger partial charge in [0.05, 0.1) is 11.8 Å². The molecule has 2 N–H and O–H groups in total. The van der Waals surface area contributed by atoms with E-state index in [-0.39, 0.29) is 17.6 Å². The Bertz CT molecular complexity index is 1530. The Kier molecular flexibility index (Phi) is 9.92. The number of hydrogen-bond donors (Lipinski definition) is 2. The minimum Gasteiger partial charge on any atom is -0.449 e. The van der Waals surface area contributed by atoms with E-state index in [4.69, 9.17) is 31.8 Å². The monoisotopic (exact) mass is 592 g/mol. The van der Waals surface area contributed by atoms with Crippen LogP contribution in [-0.4, -0.2) is 41.1 Å². The predicted octanol–water partition coefficient (Wildman–Crippen LogP) is 6.35. The number of ether oxygens (including phenoxy) is 3. The number of nitrogens with one attached hydrogen (secondary N) is 2. The van der Waals surface area contributed by atoms with Gasteiger partial charge in [-0.25, -0.2) is 4.79 Å². The lowest BCUT2D eigenvalue weighted by molar-refractivity contribution is 0.0797. The Balaban J connectivity index is 1.44. The molecule has 4 atom stereocenters. The molecule has 0 aliphatic carbocycles. The van der Waals surface area contributed by atoms with Crippen LogP contribution >= 0.6 is 12.2 Å². The number of carbonyl (C=O) groups excluding carboxylic acids is 2. The summed E-state index contributed by atoms with van der Waals surface area (Å²) in [5.74, 6) is -1.13. The van der Waals surface area contributed by atoms with Crippen molar-refractivity contribution in [1.29, 1.82) is 5.41 Å². The van der Waals surface area contributed by atoms with Crippen molar-refractivity contribution in [2.75, 3.05) is 0 Å². The lowest BCUT2D eigenvalue weighted by Crippen LogP contribution is -2.52. The van der Waals surface area contributed by atoms with Crippen LogP contribution in [0.3, 0.4) is 0 Å². The molecule has 4 aromatic rings. The molecule has 43 heavy (non-hydrogen) atoms. The first kappa shape index (κ1) is 29.7. The van der Waals surface area contributed by atoms with Gasteiger partial charge in [-0.3, -0.25) is 4.79 Å². The maximum absolute atomic E-state index is 13.5. The van der Waals surface area contributed by atoms with Crippen molar-refractivity contribution in [2.45, 2.75) is 37.7 Å². The molecule has 0 radical (unpaired) electrons. The van der Waals surface area contributed by atoms with Gasteiger partial charge >= 0.3 is 11.3 Å². The summed E-state index contributed by atoms with van der Waals surface area (Å²) in [6, 6.07) is 36.7. The zero-order chi connectivity index (χ0) is 30.0. The first-order valence-corrected chi connectivity index (χ1v) is 14.5. The number of Topliss-reactive ketones (excluding diaryl/α,β-unsaturated/α-hetero) is 1. The van der Waals surface area contributed by atoms with Gasteiger partial charge in [0.1, 0.15) is 6.61 Å². The van der Waals surface area contributed by atoms with Gasteiger partial charge in [0.2, 0.25) is 5.78 Å². The molecule has 1 heterocycles. The fourth-order valence-electron chi connectivity index (χ4n) is 5.20. The van der Waals surface area contributed by atoms with Crippen molar-refractivity contribution in [3.8, 4) is 0 Å². The van der Waals surface area contributed by atoms with Crippen LogP contribution < -0.4 is 5.32 Å². The molecule has 1 amide bonds. The molecule has 1 saturated heterocycles. The fourth-order valence-corrected chi connectivity index (χ4v) is 5.43. The van der Waals surface area contributed by atoms with Crippen LogP contribution in [0.1, 0.15) is 27.0 Å². The maximum Gasteiger partial charge on any atom is 0.407 e. The number of alkyl carbamates (subject to hydrolysis) is 1. The van der Waals surface area contributed by atoms with Gasteiger partial charge in [0.25, 0.3) is 0 Å². The molecular weight excluding hydrogens is 560 g/mol. The number of ketones is 1. The summed E-state index contributed by atoms with van der Waals surface area (Å²) < 4.78 is 17.7. The molecule has 1 aliphatic heterocycles. The van der Waals surface area contributed by atoms with Crippen molar-refractivity contribution in [3.05, 3.63) is 144 Å². The summed E-state index contributed by atoms with van der Waals surface area (Å²) in [5, 5.41) is 12.0. The van der Waals surface area contributed by atoms with Gasteiger partial charge < -0.3 is 24.9 Å². The standard InChI is InChI=1S/C35H32N2O5S/c36-30(31(38)27-19-11-4-12-20-27)28(21-24-13-5-1-6-14-24)32-33(42-35(43)41-32)29(22-25-15-7-2-8-16-25)37-34(39)40-23-26-17-9-3-10-18-26/h1-20,28-29,32-33,36H,21-23H2,(H,37,39)/t28-,29+,32-,33-/m1/s1. The quantitative estimate of drug-likeness (QED) is 0.113. The highest BCUT2D eigenvalue weighted by Crippen LogP contribution is 2.31. The van der Waals surface area contributed by atoms with Gasteiger partial charge in [0, 0.05) is 23.7 Å². The average Bonchev–Trinajstić information content (AvgIpc) is 3.44. The van der Waals surface area contributed by atoms with E-state index in [0.29, 0.717) is 18.4 Å². The smallest absolute Gasteiger partial charge is 0.407 e. The first-order chi connectivity index (χ1) is 21.0. The minimum absolute atomic E-state index is 0.0921. The second-order valence-electron chi connectivity index (χ2n) is 10.3. The van der Waals surface area contributed by atoms with E-state index in [1.165, 1.54) is 0 Å². The summed E-state index contributed by atoms with van der Waals surface area (Å²) >= 11 is 5.37. The predicted molar refractivity (Wildman–Crippen MR) is 168 cm³/mol. The normalized spacial score (nSPS) is 17.2. The molecule has 1 aliphatic rings. The second kappa shape index (κ2) is 14.4. The van der Waals surface area contributed by atoms with Crippen molar-refractivity contribution in [2.24, 2.45) is 5.92 Å². The van der Waals surface area contributed by atoms with E-state index >= 15 is 0 Å². The third-order valence-corrected chi connectivity index (χ3v) is 7.54. The largest absolute Gasteiger partial charge is 0.449 e. The van der Waals surface area contributed by atoms with E-state index < -0.39 is 36.0 Å². The lowest BCUT2D eigenvalue weighted by Gasteiger charge is -2.31. The van der Waals surface area contributed by atoms with Crippen molar-refractivity contribution in [3.63, 3.8) is 0 Å². The number of thiocarbonyl (C=S) groups is 1. The first-order valence-electron chi connectivity index (χ1n) is 14.1. The number of carbonyl (C=O) groups is 2. The summed E-state index contributed by atoms with van der Waals surface area (Å²) in [7, 11) is 0. The minimum atomic E-state index is -0.823. The molecule has 0 saturated carbocycles. The molecule has 4 aromatic carbocycles. The van der Waals surface area contributed by atoms with Crippen LogP contribution in [0.15, 0.2) is 121 Å². The topological polar surface area (TPSA) is 97.7 Å². The SMILES string of the molecule is N=C(C(=O)c1ccccc1)[C@@H](Cc1ccccc1)[C@H]1OC(=S)O[C@@H]1[C@H](Cc1ccccc1)NC(=O)OCc1ccccc1. The number of benzene rings is 4. The zero-order valence-corrected chi connectivity index (χ0v) is 24.2. The Morgan fingerprint density at radius 2 is 1.21 bits per heavy atom. The maximum atomic E-state index is 13.5. The number of rotatable bonds is 12. The van der Waals surface area contributed by atoms with Crippen LogP contribution in [0, 0.1) is 11.3 Å². The Hall–Kier alpha value is -4.82. The Morgan fingerprint density at radius 3 is 1.79 bits per heavy atom. The van der Waals surface area contributed by atoms with Gasteiger partial charge in [0.15, 0.2) is 12.2 Å². The lowest BCUT2D eigenvalue weighted by atomic mass is 9.81. The van der Waals surface area contributed by atoms with Crippen molar-refractivity contribution >= 4 is 35.0 Å². The zero-order valence-electron chi connectivity index (χ0n) is 23.4. The highest BCUT2D eigenvalue weighted by atomic mass is 32.1. The van der Waals surface area contributed by atoms with E-state index in [2.05, 4.69) is 5.32 Å². The molecule has 0 bridgehead atoms. The molecule has 218 valence electrons. The third kappa shape index (κ3) is 7.93. The molecule has 0 unspecified atom stereocenters. The molecule has 7 nitrogen and oxygen atoms in total. The Morgan fingerprint density at radius 1 is 0.721 bits per heavy atom. The molecule has 5 rings (SSSR count). The van der Waals surface area contributed by atoms with E-state index in [0.717, 1.165) is 16.7 Å². The van der Waals surface area contributed by atoms with Crippen LogP contribution in [-0.2, 0) is 33.7 Å². The van der Waals surface area contributed by atoms with Crippen LogP contribution in [0.5, 0.6) is 0 Å².